The van der Waals surface area contributed by atoms with Crippen molar-refractivity contribution in [2.75, 3.05) is 13.2 Å². The maximum atomic E-state index is 13.9. The number of nitrogens with one attached hydrogen (secondary N) is 1. The van der Waals surface area contributed by atoms with Gasteiger partial charge in [-0.2, -0.15) is 4.39 Å². The molecule has 0 saturated heterocycles. The summed E-state index contributed by atoms with van der Waals surface area (Å²) >= 11 is 0. The average Bonchev–Trinajstić information content (AvgIpc) is 2.52. The number of nitrogens with zero attached hydrogens (tertiary/aromatic N) is 2. The van der Waals surface area contributed by atoms with Crippen LogP contribution in [0.4, 0.5) is 10.1 Å². The van der Waals surface area contributed by atoms with Gasteiger partial charge in [0, 0.05) is 12.1 Å². The van der Waals surface area contributed by atoms with Crippen molar-refractivity contribution < 1.29 is 22.9 Å². The second kappa shape index (κ2) is 7.26. The molecule has 0 spiro atoms. The first-order valence-electron chi connectivity index (χ1n) is 7.21. The van der Waals surface area contributed by atoms with Gasteiger partial charge >= 0.3 is 24.4 Å². The van der Waals surface area contributed by atoms with E-state index in [1.165, 1.54) is 0 Å². The van der Waals surface area contributed by atoms with E-state index in [0.717, 1.165) is 10.6 Å². The lowest BCUT2D eigenvalue weighted by Gasteiger charge is -2.19. The molecule has 0 amide bonds. The molecule has 0 aliphatic heterocycles. The van der Waals surface area contributed by atoms with Gasteiger partial charge in [0.1, 0.15) is 6.29 Å². The minimum atomic E-state index is -3.78. The second-order valence-corrected chi connectivity index (χ2v) is 6.87. The molecule has 0 aliphatic rings. The zero-order valence-corrected chi connectivity index (χ0v) is 14.2. The molecule has 0 unspecified atom stereocenters. The Labute approximate surface area is 139 Å². The van der Waals surface area contributed by atoms with Gasteiger partial charge in [-0.05, 0) is 13.8 Å². The van der Waals surface area contributed by atoms with E-state index in [-0.39, 0.29) is 24.2 Å². The Morgan fingerprint density at radius 3 is 2.40 bits per heavy atom. The first-order valence-corrected chi connectivity index (χ1v) is 8.94. The van der Waals surface area contributed by atoms with Crippen LogP contribution in [0.5, 0.6) is 0 Å². The van der Waals surface area contributed by atoms with E-state index in [0.29, 0.717) is 6.07 Å². The molecule has 1 N–H and O–H groups in total. The standard InChI is InChI=1S/C13H15FN3O7P/c1-3-23-25(22,24-4-2)7-16-11-5-8(14)10(17(20)21)6-9(11)15-12(18)13(16)19/h5-6H,3-4,7H2,1-2H3,(H,15,18). The number of fused-ring (bicyclic) bond motifs is 1. The van der Waals surface area contributed by atoms with Crippen LogP contribution in [-0.2, 0) is 19.9 Å². The summed E-state index contributed by atoms with van der Waals surface area (Å²) in [5.74, 6) is -1.21. The fraction of sp³-hybridized carbons (Fsp3) is 0.385. The number of aromatic amines is 1. The number of hydrogen-bond donors (Lipinski definition) is 1. The van der Waals surface area contributed by atoms with Crippen LogP contribution in [0.25, 0.3) is 11.0 Å². The molecule has 10 nitrogen and oxygen atoms in total. The SMILES string of the molecule is CCOP(=O)(Cn1c(=O)c(=O)[nH]c2cc([N+](=O)[O-])c(F)cc21)OCC. The molecular formula is C13H15FN3O7P. The summed E-state index contributed by atoms with van der Waals surface area (Å²) in [4.78, 5) is 35.9. The van der Waals surface area contributed by atoms with Gasteiger partial charge in [0.05, 0.1) is 29.2 Å². The van der Waals surface area contributed by atoms with Gasteiger partial charge in [0.2, 0.25) is 5.82 Å². The number of aromatic nitrogens is 2. The highest BCUT2D eigenvalue weighted by atomic mass is 31.2. The van der Waals surface area contributed by atoms with Gasteiger partial charge in [0.15, 0.2) is 0 Å². The average molecular weight is 375 g/mol. The summed E-state index contributed by atoms with van der Waals surface area (Å²) in [6.07, 6.45) is -0.634. The molecule has 0 fully saturated rings. The third-order valence-electron chi connectivity index (χ3n) is 3.21. The summed E-state index contributed by atoms with van der Waals surface area (Å²) < 4.78 is 37.4. The zero-order valence-electron chi connectivity index (χ0n) is 13.4. The van der Waals surface area contributed by atoms with E-state index < -0.39 is 41.4 Å². The molecule has 1 aromatic heterocycles. The second-order valence-electron chi connectivity index (χ2n) is 4.85. The van der Waals surface area contributed by atoms with E-state index in [2.05, 4.69) is 4.98 Å². The maximum Gasteiger partial charge on any atom is 0.350 e. The minimum absolute atomic E-state index is 0.0208. The summed E-state index contributed by atoms with van der Waals surface area (Å²) in [5, 5.41) is 10.8. The third-order valence-corrected chi connectivity index (χ3v) is 5.14. The van der Waals surface area contributed by atoms with Crippen LogP contribution in [0, 0.1) is 15.9 Å². The summed E-state index contributed by atoms with van der Waals surface area (Å²) in [6.45, 7) is 3.17. The molecule has 0 aliphatic carbocycles. The molecule has 0 bridgehead atoms. The smallest absolute Gasteiger partial charge is 0.316 e. The van der Waals surface area contributed by atoms with E-state index in [1.807, 2.05) is 0 Å². The lowest BCUT2D eigenvalue weighted by atomic mass is 10.2. The van der Waals surface area contributed by atoms with Gasteiger partial charge in [0.25, 0.3) is 0 Å². The number of H-pyrrole nitrogens is 1. The van der Waals surface area contributed by atoms with Gasteiger partial charge in [-0.3, -0.25) is 28.8 Å². The molecule has 2 rings (SSSR count). The van der Waals surface area contributed by atoms with Crippen LogP contribution in [0.15, 0.2) is 21.7 Å². The molecule has 136 valence electrons. The van der Waals surface area contributed by atoms with Crippen LogP contribution in [0.3, 0.4) is 0 Å². The molecule has 2 aromatic rings. The van der Waals surface area contributed by atoms with Crippen molar-refractivity contribution in [3.8, 4) is 0 Å². The monoisotopic (exact) mass is 375 g/mol. The Morgan fingerprint density at radius 1 is 1.28 bits per heavy atom. The Morgan fingerprint density at radius 2 is 1.88 bits per heavy atom. The lowest BCUT2D eigenvalue weighted by molar-refractivity contribution is -0.387. The lowest BCUT2D eigenvalue weighted by Crippen LogP contribution is -2.36. The molecular weight excluding hydrogens is 360 g/mol. The third kappa shape index (κ3) is 3.84. The van der Waals surface area contributed by atoms with E-state index >= 15 is 0 Å². The highest BCUT2D eigenvalue weighted by Crippen LogP contribution is 2.49. The van der Waals surface area contributed by atoms with Crippen molar-refractivity contribution >= 4 is 24.3 Å². The number of rotatable bonds is 7. The predicted octanol–water partition coefficient (Wildman–Crippen LogP) is 1.96. The van der Waals surface area contributed by atoms with Crippen LogP contribution in [-0.4, -0.2) is 27.7 Å². The number of benzene rings is 1. The molecule has 25 heavy (non-hydrogen) atoms. The number of nitro groups is 1. The first-order chi connectivity index (χ1) is 11.7. The summed E-state index contributed by atoms with van der Waals surface area (Å²) in [7, 11) is -3.78. The van der Waals surface area contributed by atoms with Crippen molar-refractivity contribution in [3.63, 3.8) is 0 Å². The van der Waals surface area contributed by atoms with Crippen molar-refractivity contribution in [1.29, 1.82) is 0 Å². The van der Waals surface area contributed by atoms with E-state index in [1.54, 1.807) is 13.8 Å². The highest BCUT2D eigenvalue weighted by Gasteiger charge is 2.27. The zero-order chi connectivity index (χ0) is 18.8. The van der Waals surface area contributed by atoms with Crippen molar-refractivity contribution in [1.82, 2.24) is 9.55 Å². The molecule has 12 heteroatoms. The van der Waals surface area contributed by atoms with Gasteiger partial charge in [-0.15, -0.1) is 0 Å². The Kier molecular flexibility index (Phi) is 5.51. The topological polar surface area (TPSA) is 134 Å². The van der Waals surface area contributed by atoms with Crippen LogP contribution < -0.4 is 11.1 Å². The van der Waals surface area contributed by atoms with Crippen molar-refractivity contribution in [3.05, 3.63) is 48.8 Å². The number of hydrogen-bond acceptors (Lipinski definition) is 7. The predicted molar refractivity (Wildman–Crippen MR) is 86.3 cm³/mol. The fourth-order valence-corrected chi connectivity index (χ4v) is 3.90. The minimum Gasteiger partial charge on any atom is -0.316 e. The quantitative estimate of drug-likeness (QED) is 0.338. The first kappa shape index (κ1) is 19.0. The summed E-state index contributed by atoms with van der Waals surface area (Å²) in [6, 6.07) is 1.50. The largest absolute Gasteiger partial charge is 0.350 e. The molecule has 0 saturated carbocycles. The van der Waals surface area contributed by atoms with Crippen LogP contribution in [0.1, 0.15) is 13.8 Å². The Bertz CT molecular complexity index is 974. The maximum absolute atomic E-state index is 13.9. The fourth-order valence-electron chi connectivity index (χ4n) is 2.25. The number of nitro benzene ring substituents is 1. The molecule has 1 aromatic carbocycles. The highest BCUT2D eigenvalue weighted by molar-refractivity contribution is 7.52. The molecule has 1 heterocycles. The van der Waals surface area contributed by atoms with E-state index in [9.17, 15) is 28.7 Å². The Hall–Kier alpha value is -2.36. The number of halogens is 1. The Balaban J connectivity index is 2.74. The van der Waals surface area contributed by atoms with Gasteiger partial charge in [-0.1, -0.05) is 0 Å². The van der Waals surface area contributed by atoms with E-state index in [4.69, 9.17) is 9.05 Å². The van der Waals surface area contributed by atoms with Gasteiger partial charge in [-0.25, -0.2) is 0 Å². The van der Waals surface area contributed by atoms with Crippen LogP contribution in [0.2, 0.25) is 0 Å². The van der Waals surface area contributed by atoms with Crippen molar-refractivity contribution in [2.45, 2.75) is 20.1 Å². The van der Waals surface area contributed by atoms with Crippen LogP contribution >= 0.6 is 7.60 Å². The molecule has 0 radical (unpaired) electrons. The van der Waals surface area contributed by atoms with Crippen molar-refractivity contribution in [2.24, 2.45) is 0 Å². The molecule has 0 atom stereocenters. The van der Waals surface area contributed by atoms with Gasteiger partial charge < -0.3 is 14.0 Å². The summed E-state index contributed by atoms with van der Waals surface area (Å²) in [5.41, 5.74) is -3.41. The normalized spacial score (nSPS) is 11.8.